The summed E-state index contributed by atoms with van der Waals surface area (Å²) in [4.78, 5) is 54.2. The number of carboxylic acid groups (broad SMARTS) is 1. The molecule has 2 atom stereocenters. The molecule has 0 spiro atoms. The second kappa shape index (κ2) is 11.3. The summed E-state index contributed by atoms with van der Waals surface area (Å²) in [5.74, 6) is -8.61. The summed E-state index contributed by atoms with van der Waals surface area (Å²) in [6, 6.07) is 11.3. The van der Waals surface area contributed by atoms with Crippen LogP contribution >= 0.6 is 0 Å². The number of nitrogens with one attached hydrogen (secondary N) is 1. The van der Waals surface area contributed by atoms with Crippen LogP contribution in [0, 0.1) is 0 Å². The minimum Gasteiger partial charge on any atom is -0.508 e. The van der Waals surface area contributed by atoms with Crippen LogP contribution in [-0.2, 0) is 9.63 Å². The Balaban J connectivity index is 1.56. The number of alkyl halides is 3. The first-order chi connectivity index (χ1) is 20.8. The molecular weight excluding hydrogens is 593 g/mol. The number of phenolic OH excluding ortho intramolecular Hbond substituents is 2. The van der Waals surface area contributed by atoms with Crippen molar-refractivity contribution in [3.05, 3.63) is 88.7 Å². The van der Waals surface area contributed by atoms with Crippen molar-refractivity contribution in [1.82, 2.24) is 10.4 Å². The Morgan fingerprint density at radius 1 is 0.909 bits per heavy atom. The van der Waals surface area contributed by atoms with Gasteiger partial charge in [0.05, 0.1) is 35.0 Å². The number of aromatic hydroxyl groups is 3. The number of ketones is 1. The molecule has 0 saturated carbocycles. The third kappa shape index (κ3) is 5.59. The quantitative estimate of drug-likeness (QED) is 0.191. The van der Waals surface area contributed by atoms with Gasteiger partial charge in [-0.3, -0.25) is 9.59 Å². The van der Waals surface area contributed by atoms with E-state index in [1.54, 1.807) is 0 Å². The lowest BCUT2D eigenvalue weighted by Gasteiger charge is -2.18. The molecule has 228 valence electrons. The van der Waals surface area contributed by atoms with E-state index in [4.69, 9.17) is 4.42 Å². The number of hydroxylamine groups is 2. The molecule has 1 aliphatic heterocycles. The summed E-state index contributed by atoms with van der Waals surface area (Å²) >= 11 is 0. The summed E-state index contributed by atoms with van der Waals surface area (Å²) in [5, 5.41) is 43.9. The van der Waals surface area contributed by atoms with Crippen LogP contribution in [0.4, 0.5) is 13.2 Å². The maximum absolute atomic E-state index is 13.5. The van der Waals surface area contributed by atoms with Crippen LogP contribution in [0.5, 0.6) is 17.2 Å². The Labute approximate surface area is 244 Å². The average molecular weight is 614 g/mol. The Bertz CT molecular complexity index is 1800. The zero-order valence-electron chi connectivity index (χ0n) is 22.2. The normalized spacial score (nSPS) is 17.0. The minimum absolute atomic E-state index is 0.0658. The van der Waals surface area contributed by atoms with Crippen LogP contribution in [0.3, 0.4) is 0 Å². The van der Waals surface area contributed by atoms with E-state index >= 15 is 0 Å². The predicted octanol–water partition coefficient (Wildman–Crippen LogP) is 3.70. The number of carbonyl (C=O) groups is 4. The van der Waals surface area contributed by atoms with Gasteiger partial charge in [0.2, 0.25) is 0 Å². The van der Waals surface area contributed by atoms with Crippen molar-refractivity contribution in [2.45, 2.75) is 18.1 Å². The van der Waals surface area contributed by atoms with E-state index < -0.39 is 71.9 Å². The molecule has 1 fully saturated rings. The van der Waals surface area contributed by atoms with Gasteiger partial charge in [0.1, 0.15) is 17.1 Å². The molecular formula is C29H21F3N2O10. The summed E-state index contributed by atoms with van der Waals surface area (Å²) < 4.78 is 44.6. The number of fused-ring (bicyclic) bond motifs is 1. The molecule has 0 bridgehead atoms. The highest BCUT2D eigenvalue weighted by molar-refractivity contribution is 6.21. The van der Waals surface area contributed by atoms with Gasteiger partial charge in [0.25, 0.3) is 5.91 Å². The van der Waals surface area contributed by atoms with Crippen molar-refractivity contribution in [2.75, 3.05) is 13.1 Å². The van der Waals surface area contributed by atoms with Gasteiger partial charge >= 0.3 is 18.1 Å². The largest absolute Gasteiger partial charge is 0.508 e. The fourth-order valence-corrected chi connectivity index (χ4v) is 4.95. The third-order valence-corrected chi connectivity index (χ3v) is 6.98. The molecule has 44 heavy (non-hydrogen) atoms. The maximum atomic E-state index is 13.5. The Kier molecular flexibility index (Phi) is 7.65. The standard InChI is InChI=1S/C29H21F3N2O10/c30-29(31,32)28(42)44-34-11-17(18(12-34)33-26(39)13-5-7-14(35)8-6-13)25-24(38)22-20(43-25)10-9-19(36)21(22)23(37)15-3-1-2-4-16(15)27(40)41/h1-10,17-18,35-36,38H,11-12H2,(H,33,39)(H,40,41). The van der Waals surface area contributed by atoms with Gasteiger partial charge in [0, 0.05) is 17.7 Å². The van der Waals surface area contributed by atoms with Crippen LogP contribution in [0.15, 0.2) is 65.1 Å². The molecule has 0 radical (unpaired) electrons. The topological polar surface area (TPSA) is 187 Å². The average Bonchev–Trinajstić information content (AvgIpc) is 3.52. The maximum Gasteiger partial charge on any atom is 0.492 e. The Morgan fingerprint density at radius 3 is 2.20 bits per heavy atom. The van der Waals surface area contributed by atoms with Crippen LogP contribution in [-0.4, -0.2) is 74.4 Å². The van der Waals surface area contributed by atoms with E-state index in [1.807, 2.05) is 0 Å². The van der Waals surface area contributed by atoms with Gasteiger partial charge in [-0.15, -0.1) is 5.06 Å². The number of halogens is 3. The molecule has 1 saturated heterocycles. The van der Waals surface area contributed by atoms with Crippen molar-refractivity contribution in [1.29, 1.82) is 0 Å². The number of phenols is 2. The van der Waals surface area contributed by atoms with Crippen LogP contribution in [0.2, 0.25) is 0 Å². The molecule has 1 amide bonds. The van der Waals surface area contributed by atoms with E-state index in [0.717, 1.165) is 6.07 Å². The lowest BCUT2D eigenvalue weighted by Crippen LogP contribution is -2.40. The van der Waals surface area contributed by atoms with E-state index in [2.05, 4.69) is 10.2 Å². The molecule has 15 heteroatoms. The molecule has 3 aromatic carbocycles. The van der Waals surface area contributed by atoms with Gasteiger partial charge in [-0.2, -0.15) is 13.2 Å². The number of carboxylic acids is 1. The van der Waals surface area contributed by atoms with E-state index in [1.165, 1.54) is 54.6 Å². The first-order valence-electron chi connectivity index (χ1n) is 12.7. The van der Waals surface area contributed by atoms with Gasteiger partial charge in [-0.1, -0.05) is 18.2 Å². The number of furan rings is 1. The first-order valence-corrected chi connectivity index (χ1v) is 12.7. The molecule has 5 rings (SSSR count). The van der Waals surface area contributed by atoms with Crippen LogP contribution in [0.1, 0.15) is 48.3 Å². The molecule has 12 nitrogen and oxygen atoms in total. The number of hydrogen-bond donors (Lipinski definition) is 5. The van der Waals surface area contributed by atoms with Gasteiger partial charge in [-0.05, 0) is 42.5 Å². The molecule has 4 aromatic rings. The number of amides is 1. The van der Waals surface area contributed by atoms with E-state index in [9.17, 15) is 52.8 Å². The summed E-state index contributed by atoms with van der Waals surface area (Å²) in [5.41, 5.74) is -1.29. The summed E-state index contributed by atoms with van der Waals surface area (Å²) in [6.45, 7) is -0.983. The van der Waals surface area contributed by atoms with Gasteiger partial charge in [-0.25, -0.2) is 9.59 Å². The van der Waals surface area contributed by atoms with Crippen molar-refractivity contribution in [3.63, 3.8) is 0 Å². The highest BCUT2D eigenvalue weighted by Gasteiger charge is 2.47. The van der Waals surface area contributed by atoms with Crippen molar-refractivity contribution in [3.8, 4) is 17.2 Å². The second-order valence-electron chi connectivity index (χ2n) is 9.78. The zero-order valence-corrected chi connectivity index (χ0v) is 22.2. The lowest BCUT2D eigenvalue weighted by atomic mass is 9.94. The molecule has 1 aromatic heterocycles. The van der Waals surface area contributed by atoms with Crippen LogP contribution < -0.4 is 5.32 Å². The minimum atomic E-state index is -5.33. The fourth-order valence-electron chi connectivity index (χ4n) is 4.95. The lowest BCUT2D eigenvalue weighted by molar-refractivity contribution is -0.235. The zero-order chi connectivity index (χ0) is 31.9. The summed E-state index contributed by atoms with van der Waals surface area (Å²) in [7, 11) is 0. The van der Waals surface area contributed by atoms with Gasteiger partial charge in [0.15, 0.2) is 17.3 Å². The number of hydrogen-bond acceptors (Lipinski definition) is 10. The predicted molar refractivity (Wildman–Crippen MR) is 142 cm³/mol. The number of aromatic carboxylic acids is 1. The highest BCUT2D eigenvalue weighted by atomic mass is 19.4. The Hall–Kier alpha value is -5.57. The highest BCUT2D eigenvalue weighted by Crippen LogP contribution is 2.44. The van der Waals surface area contributed by atoms with Crippen molar-refractivity contribution < 1.29 is 62.0 Å². The SMILES string of the molecule is O=C(NC1CN(OC(=O)C(F)(F)F)CC1c1oc2ccc(O)c(C(=O)c3ccccc3C(=O)O)c2c1O)c1ccc(O)cc1. The molecule has 1 aliphatic rings. The van der Waals surface area contributed by atoms with Gasteiger partial charge < -0.3 is 35.0 Å². The smallest absolute Gasteiger partial charge is 0.492 e. The Morgan fingerprint density at radius 2 is 1.57 bits per heavy atom. The first kappa shape index (κ1) is 29.9. The number of benzene rings is 3. The van der Waals surface area contributed by atoms with E-state index in [-0.39, 0.29) is 39.2 Å². The molecule has 2 heterocycles. The number of rotatable bonds is 7. The summed E-state index contributed by atoms with van der Waals surface area (Å²) in [6.07, 6.45) is -5.33. The van der Waals surface area contributed by atoms with E-state index in [0.29, 0.717) is 5.06 Å². The number of nitrogens with zero attached hydrogens (tertiary/aromatic N) is 1. The molecule has 2 unspecified atom stereocenters. The monoisotopic (exact) mass is 614 g/mol. The molecule has 5 N–H and O–H groups in total. The van der Waals surface area contributed by atoms with Crippen molar-refractivity contribution in [2.24, 2.45) is 0 Å². The molecule has 0 aliphatic carbocycles. The van der Waals surface area contributed by atoms with Crippen molar-refractivity contribution >= 4 is 34.6 Å². The fraction of sp³-hybridized carbons (Fsp3) is 0.172. The third-order valence-electron chi connectivity index (χ3n) is 6.98. The second-order valence-corrected chi connectivity index (χ2v) is 9.78. The number of carbonyl (C=O) groups excluding carboxylic acids is 3. The van der Waals surface area contributed by atoms with Crippen LogP contribution in [0.25, 0.3) is 11.0 Å².